The van der Waals surface area contributed by atoms with Crippen LogP contribution >= 0.6 is 0 Å². The molecule has 0 atom stereocenters. The first-order valence-electron chi connectivity index (χ1n) is 19.7. The van der Waals surface area contributed by atoms with Crippen LogP contribution in [-0.4, -0.2) is 19.1 Å². The van der Waals surface area contributed by atoms with Crippen LogP contribution in [-0.2, 0) is 6.42 Å². The molecule has 1 aliphatic carbocycles. The molecule has 0 radical (unpaired) electrons. The van der Waals surface area contributed by atoms with E-state index in [-0.39, 0.29) is 0 Å². The Labute approximate surface area is 328 Å². The normalized spacial score (nSPS) is 12.2. The van der Waals surface area contributed by atoms with Crippen molar-refractivity contribution >= 4 is 38.9 Å². The average Bonchev–Trinajstić information content (AvgIpc) is 3.95. The van der Waals surface area contributed by atoms with Gasteiger partial charge in [-0.15, -0.1) is 0 Å². The molecule has 10 rings (SSSR count). The number of imidazole rings is 1. The molecule has 0 fully saturated rings. The van der Waals surface area contributed by atoms with Gasteiger partial charge in [0.1, 0.15) is 11.6 Å². The first-order chi connectivity index (χ1) is 27.5. The highest BCUT2D eigenvalue weighted by molar-refractivity contribution is 6.18. The number of hydrogen-bond acceptors (Lipinski definition) is 3. The Hall–Kier alpha value is -6.72. The van der Waals surface area contributed by atoms with Crippen molar-refractivity contribution in [2.75, 3.05) is 4.90 Å². The fourth-order valence-corrected chi connectivity index (χ4v) is 8.89. The van der Waals surface area contributed by atoms with E-state index in [0.717, 1.165) is 51.7 Å². The number of para-hydroxylation sites is 2. The second-order valence-electron chi connectivity index (χ2n) is 15.5. The highest BCUT2D eigenvalue weighted by atomic mass is 15.1. The monoisotopic (exact) mass is 725 g/mol. The highest BCUT2D eigenvalue weighted by Gasteiger charge is 2.26. The molecule has 3 heterocycles. The van der Waals surface area contributed by atoms with Gasteiger partial charge in [-0.3, -0.25) is 9.13 Å². The molecule has 0 bridgehead atoms. The Morgan fingerprint density at radius 2 is 1.30 bits per heavy atom. The molecule has 0 saturated heterocycles. The number of benzene rings is 6. The van der Waals surface area contributed by atoms with Crippen LogP contribution in [0.25, 0.3) is 55.8 Å². The van der Waals surface area contributed by atoms with Gasteiger partial charge in [0, 0.05) is 52.0 Å². The summed E-state index contributed by atoms with van der Waals surface area (Å²) >= 11 is 0. The molecule has 0 N–H and O–H groups in total. The summed E-state index contributed by atoms with van der Waals surface area (Å²) in [7, 11) is 0. The summed E-state index contributed by atoms with van der Waals surface area (Å²) in [6, 6.07) is 52.7. The van der Waals surface area contributed by atoms with Crippen molar-refractivity contribution < 1.29 is 0 Å². The maximum atomic E-state index is 5.00. The standard InChI is InChI=1S/C51H43N5/c1-33(2)41-20-13-21-42(34(3)4)50(41)54-29-28-53-51(54)37-15-12-18-39(31-37)55(38-16-6-5-7-17-38)40-24-25-44-46(32-40)56(47-22-10-11-27-52-47)45-26-23-36-30-35-14-8-9-19-43(35)48(36)49(44)45/h5-29,31-34H,30H2,1-4H3. The molecule has 3 aromatic heterocycles. The lowest BCUT2D eigenvalue weighted by Gasteiger charge is -2.26. The Kier molecular flexibility index (Phi) is 8.18. The summed E-state index contributed by atoms with van der Waals surface area (Å²) in [6.07, 6.45) is 6.88. The SMILES string of the molecule is CC(C)c1cccc(C(C)C)c1-n1ccnc1-c1cccc(N(c2ccccc2)c2ccc3c4c5c(ccc4n(-c4ccccn4)c3c2)Cc2ccccc2-5)c1. The van der Waals surface area contributed by atoms with Crippen LogP contribution in [0.2, 0.25) is 0 Å². The van der Waals surface area contributed by atoms with Gasteiger partial charge in [-0.1, -0.05) is 119 Å². The fraction of sp³-hybridized carbons (Fsp3) is 0.137. The number of aromatic nitrogens is 4. The first kappa shape index (κ1) is 33.8. The summed E-state index contributed by atoms with van der Waals surface area (Å²) in [5, 5.41) is 2.50. The molecule has 0 aliphatic heterocycles. The summed E-state index contributed by atoms with van der Waals surface area (Å²) in [6.45, 7) is 9.09. The third-order valence-corrected chi connectivity index (χ3v) is 11.4. The average molecular weight is 726 g/mol. The van der Waals surface area contributed by atoms with E-state index in [4.69, 9.17) is 9.97 Å². The Bertz CT molecular complexity index is 2870. The van der Waals surface area contributed by atoms with Crippen LogP contribution < -0.4 is 4.90 Å². The maximum Gasteiger partial charge on any atom is 0.144 e. The molecule has 9 aromatic rings. The molecule has 56 heavy (non-hydrogen) atoms. The number of anilines is 3. The van der Waals surface area contributed by atoms with E-state index in [1.54, 1.807) is 0 Å². The van der Waals surface area contributed by atoms with Crippen molar-refractivity contribution in [3.05, 3.63) is 186 Å². The number of nitrogens with zero attached hydrogens (tertiary/aromatic N) is 5. The summed E-state index contributed by atoms with van der Waals surface area (Å²) < 4.78 is 4.63. The second kappa shape index (κ2) is 13.5. The van der Waals surface area contributed by atoms with Crippen LogP contribution in [0.15, 0.2) is 164 Å². The van der Waals surface area contributed by atoms with Crippen molar-refractivity contribution in [2.45, 2.75) is 46.0 Å². The van der Waals surface area contributed by atoms with E-state index in [0.29, 0.717) is 11.8 Å². The van der Waals surface area contributed by atoms with Crippen LogP contribution in [0.4, 0.5) is 17.1 Å². The van der Waals surface area contributed by atoms with Gasteiger partial charge in [0.2, 0.25) is 0 Å². The fourth-order valence-electron chi connectivity index (χ4n) is 8.89. The van der Waals surface area contributed by atoms with E-state index in [1.807, 2.05) is 18.5 Å². The second-order valence-corrected chi connectivity index (χ2v) is 15.5. The topological polar surface area (TPSA) is 38.9 Å². The van der Waals surface area contributed by atoms with E-state index in [2.05, 4.69) is 187 Å². The molecule has 0 unspecified atom stereocenters. The zero-order valence-corrected chi connectivity index (χ0v) is 32.2. The van der Waals surface area contributed by atoms with E-state index in [1.165, 1.54) is 49.8 Å². The molecule has 5 heteroatoms. The third kappa shape index (κ3) is 5.45. The minimum atomic E-state index is 0.367. The Morgan fingerprint density at radius 1 is 0.571 bits per heavy atom. The molecular weight excluding hydrogens is 683 g/mol. The zero-order chi connectivity index (χ0) is 37.9. The van der Waals surface area contributed by atoms with E-state index in [9.17, 15) is 0 Å². The minimum Gasteiger partial charge on any atom is -0.310 e. The van der Waals surface area contributed by atoms with Crippen LogP contribution in [0.1, 0.15) is 61.8 Å². The predicted octanol–water partition coefficient (Wildman–Crippen LogP) is 13.3. The molecule has 0 spiro atoms. The van der Waals surface area contributed by atoms with Gasteiger partial charge < -0.3 is 4.90 Å². The smallest absolute Gasteiger partial charge is 0.144 e. The van der Waals surface area contributed by atoms with Crippen molar-refractivity contribution in [1.29, 1.82) is 0 Å². The molecule has 6 aromatic carbocycles. The molecule has 0 saturated carbocycles. The van der Waals surface area contributed by atoms with Crippen molar-refractivity contribution in [3.8, 4) is 34.0 Å². The predicted molar refractivity (Wildman–Crippen MR) is 232 cm³/mol. The van der Waals surface area contributed by atoms with Gasteiger partial charge in [0.15, 0.2) is 0 Å². The Balaban J connectivity index is 1.18. The maximum absolute atomic E-state index is 5.00. The molecule has 0 amide bonds. The lowest BCUT2D eigenvalue weighted by atomic mass is 9.92. The lowest BCUT2D eigenvalue weighted by Crippen LogP contribution is -2.11. The molecule has 5 nitrogen and oxygen atoms in total. The minimum absolute atomic E-state index is 0.367. The Morgan fingerprint density at radius 3 is 2.09 bits per heavy atom. The number of pyridine rings is 1. The molecular formula is C51H43N5. The van der Waals surface area contributed by atoms with E-state index < -0.39 is 0 Å². The number of hydrogen-bond donors (Lipinski definition) is 0. The van der Waals surface area contributed by atoms with Crippen molar-refractivity contribution in [2.24, 2.45) is 0 Å². The number of rotatable bonds is 8. The third-order valence-electron chi connectivity index (χ3n) is 11.4. The zero-order valence-electron chi connectivity index (χ0n) is 32.2. The van der Waals surface area contributed by atoms with Crippen molar-refractivity contribution in [3.63, 3.8) is 0 Å². The van der Waals surface area contributed by atoms with Crippen LogP contribution in [0, 0.1) is 0 Å². The summed E-state index contributed by atoms with van der Waals surface area (Å²) in [5.41, 5.74) is 15.8. The molecule has 1 aliphatic rings. The van der Waals surface area contributed by atoms with Gasteiger partial charge in [-0.2, -0.15) is 0 Å². The first-order valence-corrected chi connectivity index (χ1v) is 19.7. The van der Waals surface area contributed by atoms with Crippen LogP contribution in [0.5, 0.6) is 0 Å². The summed E-state index contributed by atoms with van der Waals surface area (Å²) in [5.74, 6) is 2.56. The number of fused-ring (bicyclic) bond motifs is 7. The summed E-state index contributed by atoms with van der Waals surface area (Å²) in [4.78, 5) is 12.3. The van der Waals surface area contributed by atoms with E-state index >= 15 is 0 Å². The van der Waals surface area contributed by atoms with Gasteiger partial charge >= 0.3 is 0 Å². The van der Waals surface area contributed by atoms with Gasteiger partial charge in [0.25, 0.3) is 0 Å². The van der Waals surface area contributed by atoms with Gasteiger partial charge in [-0.25, -0.2) is 9.97 Å². The highest BCUT2D eigenvalue weighted by Crippen LogP contribution is 2.47. The largest absolute Gasteiger partial charge is 0.310 e. The lowest BCUT2D eigenvalue weighted by molar-refractivity contribution is 0.807. The molecule has 272 valence electrons. The van der Waals surface area contributed by atoms with Gasteiger partial charge in [0.05, 0.1) is 16.7 Å². The van der Waals surface area contributed by atoms with Crippen LogP contribution in [0.3, 0.4) is 0 Å². The van der Waals surface area contributed by atoms with Gasteiger partial charge in [-0.05, 0) is 106 Å². The van der Waals surface area contributed by atoms with Crippen molar-refractivity contribution in [1.82, 2.24) is 19.1 Å². The quantitative estimate of drug-likeness (QED) is 0.157.